The number of benzene rings is 1. The number of piperidine rings is 1. The zero-order valence-electron chi connectivity index (χ0n) is 16.2. The average molecular weight is 378 g/mol. The number of rotatable bonds is 6. The number of hydrogen-bond acceptors (Lipinski definition) is 4. The van der Waals surface area contributed by atoms with Gasteiger partial charge in [-0.05, 0) is 55.2 Å². The van der Waals surface area contributed by atoms with Crippen molar-refractivity contribution in [3.63, 3.8) is 0 Å². The standard InChI is InChI=1S/C22H26N4O2/c1-28-19-8-5-17(6-9-19)15-23-21(27)16-26-14-11-18-7-10-20(24-22(18)26)25-12-3-2-4-13-25/h5-11,14H,2-4,12-13,15-16H2,1H3,(H,23,27). The second-order valence-corrected chi connectivity index (χ2v) is 7.20. The van der Waals surface area contributed by atoms with Crippen molar-refractivity contribution in [2.45, 2.75) is 32.4 Å². The summed E-state index contributed by atoms with van der Waals surface area (Å²) in [6.45, 7) is 2.87. The molecule has 0 aliphatic carbocycles. The van der Waals surface area contributed by atoms with E-state index in [4.69, 9.17) is 9.72 Å². The first kappa shape index (κ1) is 18.3. The fourth-order valence-corrected chi connectivity index (χ4v) is 3.63. The van der Waals surface area contributed by atoms with Crippen LogP contribution in [-0.2, 0) is 17.9 Å². The van der Waals surface area contributed by atoms with Gasteiger partial charge in [0.05, 0.1) is 7.11 Å². The Morgan fingerprint density at radius 3 is 2.61 bits per heavy atom. The van der Waals surface area contributed by atoms with E-state index in [-0.39, 0.29) is 12.5 Å². The van der Waals surface area contributed by atoms with Gasteiger partial charge in [-0.25, -0.2) is 4.98 Å². The zero-order chi connectivity index (χ0) is 19.3. The van der Waals surface area contributed by atoms with Crippen LogP contribution in [0, 0.1) is 0 Å². The van der Waals surface area contributed by atoms with E-state index in [1.165, 1.54) is 19.3 Å². The first-order chi connectivity index (χ1) is 13.7. The summed E-state index contributed by atoms with van der Waals surface area (Å²) in [5, 5.41) is 4.04. The van der Waals surface area contributed by atoms with Crippen molar-refractivity contribution in [2.24, 2.45) is 0 Å². The number of fused-ring (bicyclic) bond motifs is 1. The first-order valence-electron chi connectivity index (χ1n) is 9.83. The maximum Gasteiger partial charge on any atom is 0.240 e. The summed E-state index contributed by atoms with van der Waals surface area (Å²) in [5.74, 6) is 1.79. The van der Waals surface area contributed by atoms with E-state index in [9.17, 15) is 4.79 Å². The molecule has 0 atom stereocenters. The quantitative estimate of drug-likeness (QED) is 0.715. The Balaban J connectivity index is 1.42. The van der Waals surface area contributed by atoms with Crippen LogP contribution in [0.3, 0.4) is 0 Å². The Morgan fingerprint density at radius 1 is 1.07 bits per heavy atom. The van der Waals surface area contributed by atoms with Gasteiger partial charge in [-0.3, -0.25) is 4.79 Å². The van der Waals surface area contributed by atoms with Gasteiger partial charge in [0.15, 0.2) is 0 Å². The molecule has 1 saturated heterocycles. The number of carbonyl (C=O) groups excluding carboxylic acids is 1. The lowest BCUT2D eigenvalue weighted by Gasteiger charge is -2.27. The zero-order valence-corrected chi connectivity index (χ0v) is 16.2. The van der Waals surface area contributed by atoms with E-state index >= 15 is 0 Å². The topological polar surface area (TPSA) is 59.4 Å². The fraction of sp³-hybridized carbons (Fsp3) is 0.364. The summed E-state index contributed by atoms with van der Waals surface area (Å²) in [7, 11) is 1.64. The van der Waals surface area contributed by atoms with Crippen LogP contribution < -0.4 is 15.0 Å². The minimum absolute atomic E-state index is 0.0292. The molecule has 0 unspecified atom stereocenters. The molecule has 3 heterocycles. The van der Waals surface area contributed by atoms with E-state index in [0.717, 1.165) is 41.3 Å². The number of nitrogens with zero attached hydrogens (tertiary/aromatic N) is 3. The van der Waals surface area contributed by atoms with Crippen molar-refractivity contribution < 1.29 is 9.53 Å². The molecule has 4 rings (SSSR count). The highest BCUT2D eigenvalue weighted by molar-refractivity contribution is 5.82. The van der Waals surface area contributed by atoms with Gasteiger partial charge in [0.2, 0.25) is 5.91 Å². The molecule has 1 fully saturated rings. The molecule has 146 valence electrons. The lowest BCUT2D eigenvalue weighted by molar-refractivity contribution is -0.121. The third-order valence-corrected chi connectivity index (χ3v) is 5.24. The van der Waals surface area contributed by atoms with E-state index < -0.39 is 0 Å². The van der Waals surface area contributed by atoms with Crippen molar-refractivity contribution in [3.05, 3.63) is 54.2 Å². The Morgan fingerprint density at radius 2 is 1.86 bits per heavy atom. The maximum atomic E-state index is 12.4. The van der Waals surface area contributed by atoms with Gasteiger partial charge in [0, 0.05) is 31.2 Å². The lowest BCUT2D eigenvalue weighted by Crippen LogP contribution is -2.30. The van der Waals surface area contributed by atoms with Crippen molar-refractivity contribution in [1.82, 2.24) is 14.9 Å². The molecule has 0 spiro atoms. The smallest absolute Gasteiger partial charge is 0.240 e. The van der Waals surface area contributed by atoms with Gasteiger partial charge in [-0.15, -0.1) is 0 Å². The van der Waals surface area contributed by atoms with Crippen LogP contribution in [-0.4, -0.2) is 35.7 Å². The summed E-state index contributed by atoms with van der Waals surface area (Å²) >= 11 is 0. The van der Waals surface area contributed by atoms with E-state index in [1.54, 1.807) is 7.11 Å². The van der Waals surface area contributed by atoms with Crippen molar-refractivity contribution in [1.29, 1.82) is 0 Å². The number of hydrogen-bond donors (Lipinski definition) is 1. The van der Waals surface area contributed by atoms with Crippen LogP contribution >= 0.6 is 0 Å². The monoisotopic (exact) mass is 378 g/mol. The van der Waals surface area contributed by atoms with Crippen molar-refractivity contribution >= 4 is 22.8 Å². The molecule has 1 N–H and O–H groups in total. The van der Waals surface area contributed by atoms with Crippen LogP contribution in [0.15, 0.2) is 48.7 Å². The molecule has 0 radical (unpaired) electrons. The van der Waals surface area contributed by atoms with E-state index in [2.05, 4.69) is 22.3 Å². The SMILES string of the molecule is COc1ccc(CNC(=O)Cn2ccc3ccc(N4CCCCC4)nc32)cc1. The molecule has 1 amide bonds. The van der Waals surface area contributed by atoms with Gasteiger partial charge in [-0.1, -0.05) is 12.1 Å². The normalized spacial score (nSPS) is 14.2. The number of anilines is 1. The van der Waals surface area contributed by atoms with Crippen LogP contribution in [0.2, 0.25) is 0 Å². The molecule has 1 aliphatic heterocycles. The van der Waals surface area contributed by atoms with Crippen molar-refractivity contribution in [2.75, 3.05) is 25.1 Å². The summed E-state index contributed by atoms with van der Waals surface area (Å²) in [6.07, 6.45) is 5.66. The number of aromatic nitrogens is 2. The van der Waals surface area contributed by atoms with Crippen molar-refractivity contribution in [3.8, 4) is 5.75 Å². The molecule has 0 bridgehead atoms. The molecule has 6 nitrogen and oxygen atoms in total. The largest absolute Gasteiger partial charge is 0.497 e. The Bertz CT molecular complexity index is 943. The lowest BCUT2D eigenvalue weighted by atomic mass is 10.1. The van der Waals surface area contributed by atoms with E-state index in [1.807, 2.05) is 41.1 Å². The second kappa shape index (κ2) is 8.33. The molecule has 6 heteroatoms. The second-order valence-electron chi connectivity index (χ2n) is 7.20. The van der Waals surface area contributed by atoms with Crippen LogP contribution in [0.1, 0.15) is 24.8 Å². The predicted octanol–water partition coefficient (Wildman–Crippen LogP) is 3.35. The molecular weight excluding hydrogens is 352 g/mol. The molecule has 28 heavy (non-hydrogen) atoms. The number of amides is 1. The minimum atomic E-state index is -0.0292. The summed E-state index contributed by atoms with van der Waals surface area (Å²) in [6, 6.07) is 13.9. The summed E-state index contributed by atoms with van der Waals surface area (Å²) in [5.41, 5.74) is 1.90. The van der Waals surface area contributed by atoms with Gasteiger partial charge in [0.25, 0.3) is 0 Å². The first-order valence-corrected chi connectivity index (χ1v) is 9.83. The minimum Gasteiger partial charge on any atom is -0.497 e. The highest BCUT2D eigenvalue weighted by Gasteiger charge is 2.14. The van der Waals surface area contributed by atoms with Gasteiger partial charge >= 0.3 is 0 Å². The fourth-order valence-electron chi connectivity index (χ4n) is 3.63. The molecular formula is C22H26N4O2. The van der Waals surface area contributed by atoms with Gasteiger partial charge in [-0.2, -0.15) is 0 Å². The van der Waals surface area contributed by atoms with Gasteiger partial charge < -0.3 is 19.5 Å². The van der Waals surface area contributed by atoms with Crippen LogP contribution in [0.4, 0.5) is 5.82 Å². The number of carbonyl (C=O) groups is 1. The summed E-state index contributed by atoms with van der Waals surface area (Å²) < 4.78 is 7.08. The third-order valence-electron chi connectivity index (χ3n) is 5.24. The number of nitrogens with one attached hydrogen (secondary N) is 1. The number of methoxy groups -OCH3 is 1. The Kier molecular flexibility index (Phi) is 5.46. The average Bonchev–Trinajstić information content (AvgIpc) is 3.15. The van der Waals surface area contributed by atoms with E-state index in [0.29, 0.717) is 6.54 Å². The summed E-state index contributed by atoms with van der Waals surface area (Å²) in [4.78, 5) is 19.6. The molecule has 2 aromatic heterocycles. The molecule has 0 saturated carbocycles. The molecule has 3 aromatic rings. The van der Waals surface area contributed by atoms with Crippen LogP contribution in [0.25, 0.3) is 11.0 Å². The Labute approximate surface area is 165 Å². The highest BCUT2D eigenvalue weighted by atomic mass is 16.5. The maximum absolute atomic E-state index is 12.4. The molecule has 1 aliphatic rings. The molecule has 1 aromatic carbocycles. The third kappa shape index (κ3) is 4.11. The number of ether oxygens (including phenoxy) is 1. The Hall–Kier alpha value is -3.02. The van der Waals surface area contributed by atoms with Gasteiger partial charge in [0.1, 0.15) is 23.8 Å². The highest BCUT2D eigenvalue weighted by Crippen LogP contribution is 2.22. The predicted molar refractivity (Wildman–Crippen MR) is 111 cm³/mol. The number of pyridine rings is 1. The van der Waals surface area contributed by atoms with Crippen LogP contribution in [0.5, 0.6) is 5.75 Å².